The van der Waals surface area contributed by atoms with Crippen LogP contribution in [0.5, 0.6) is 0 Å². The molecule has 0 aliphatic carbocycles. The lowest BCUT2D eigenvalue weighted by atomic mass is 10.1. The fourth-order valence-corrected chi connectivity index (χ4v) is 2.38. The summed E-state index contributed by atoms with van der Waals surface area (Å²) in [5, 5.41) is 8.22. The lowest BCUT2D eigenvalue weighted by Crippen LogP contribution is -2.23. The second-order valence-corrected chi connectivity index (χ2v) is 4.96. The van der Waals surface area contributed by atoms with Gasteiger partial charge in [-0.3, -0.25) is 9.67 Å². The zero-order valence-corrected chi connectivity index (χ0v) is 12.7. The molecular weight excluding hydrogens is 276 g/mol. The summed E-state index contributed by atoms with van der Waals surface area (Å²) >= 11 is 6.29. The van der Waals surface area contributed by atoms with Crippen LogP contribution in [0.2, 0.25) is 5.02 Å². The van der Waals surface area contributed by atoms with Crippen molar-refractivity contribution in [3.05, 3.63) is 46.5 Å². The van der Waals surface area contributed by atoms with Crippen LogP contribution in [0.4, 0.5) is 0 Å². The number of hydrogen-bond acceptors (Lipinski definition) is 4. The molecule has 0 saturated heterocycles. The SMILES string of the molecule is CNC(c1ccc(C)nc1)c1c(Cl)cnn1CCOC. The van der Waals surface area contributed by atoms with E-state index < -0.39 is 0 Å². The van der Waals surface area contributed by atoms with Crippen molar-refractivity contribution >= 4 is 11.6 Å². The maximum absolute atomic E-state index is 6.29. The van der Waals surface area contributed by atoms with Crippen molar-refractivity contribution in [1.29, 1.82) is 0 Å². The van der Waals surface area contributed by atoms with Gasteiger partial charge in [0.05, 0.1) is 36.1 Å². The van der Waals surface area contributed by atoms with Crippen molar-refractivity contribution in [2.24, 2.45) is 0 Å². The summed E-state index contributed by atoms with van der Waals surface area (Å²) in [6.07, 6.45) is 3.53. The van der Waals surface area contributed by atoms with E-state index in [2.05, 4.69) is 15.4 Å². The quantitative estimate of drug-likeness (QED) is 0.887. The first-order valence-corrected chi connectivity index (χ1v) is 6.85. The van der Waals surface area contributed by atoms with Gasteiger partial charge in [0.2, 0.25) is 0 Å². The van der Waals surface area contributed by atoms with Crippen LogP contribution in [-0.2, 0) is 11.3 Å². The van der Waals surface area contributed by atoms with Gasteiger partial charge in [-0.25, -0.2) is 0 Å². The number of methoxy groups -OCH3 is 1. The molecule has 2 heterocycles. The molecule has 0 aromatic carbocycles. The number of ether oxygens (including phenoxy) is 1. The van der Waals surface area contributed by atoms with Crippen molar-refractivity contribution in [3.63, 3.8) is 0 Å². The molecule has 0 amide bonds. The fraction of sp³-hybridized carbons (Fsp3) is 0.429. The minimum atomic E-state index is -0.0463. The molecule has 0 aliphatic rings. The molecule has 20 heavy (non-hydrogen) atoms. The summed E-state index contributed by atoms with van der Waals surface area (Å²) in [4.78, 5) is 4.34. The zero-order chi connectivity index (χ0) is 14.5. The summed E-state index contributed by atoms with van der Waals surface area (Å²) in [7, 11) is 3.57. The van der Waals surface area contributed by atoms with Gasteiger partial charge in [-0.05, 0) is 25.6 Å². The Labute approximate surface area is 123 Å². The maximum Gasteiger partial charge on any atom is 0.0837 e. The van der Waals surface area contributed by atoms with Gasteiger partial charge in [-0.15, -0.1) is 0 Å². The van der Waals surface area contributed by atoms with E-state index in [0.717, 1.165) is 17.0 Å². The molecule has 2 aromatic heterocycles. The van der Waals surface area contributed by atoms with Crippen LogP contribution < -0.4 is 5.32 Å². The average Bonchev–Trinajstić information content (AvgIpc) is 2.81. The van der Waals surface area contributed by atoms with Crippen LogP contribution in [0, 0.1) is 6.92 Å². The Morgan fingerprint density at radius 2 is 2.20 bits per heavy atom. The molecule has 108 valence electrons. The maximum atomic E-state index is 6.29. The molecule has 1 N–H and O–H groups in total. The van der Waals surface area contributed by atoms with E-state index in [1.165, 1.54) is 0 Å². The van der Waals surface area contributed by atoms with Crippen LogP contribution in [0.15, 0.2) is 24.5 Å². The average molecular weight is 295 g/mol. The highest BCUT2D eigenvalue weighted by atomic mass is 35.5. The van der Waals surface area contributed by atoms with E-state index in [9.17, 15) is 0 Å². The van der Waals surface area contributed by atoms with Gasteiger partial charge in [-0.1, -0.05) is 17.7 Å². The van der Waals surface area contributed by atoms with E-state index in [4.69, 9.17) is 16.3 Å². The molecule has 0 fully saturated rings. The molecule has 0 spiro atoms. The van der Waals surface area contributed by atoms with E-state index in [0.29, 0.717) is 18.2 Å². The first kappa shape index (κ1) is 15.0. The minimum absolute atomic E-state index is 0.0463. The molecule has 0 bridgehead atoms. The summed E-state index contributed by atoms with van der Waals surface area (Å²) in [5.41, 5.74) is 2.97. The lowest BCUT2D eigenvalue weighted by molar-refractivity contribution is 0.182. The van der Waals surface area contributed by atoms with Gasteiger partial charge < -0.3 is 10.1 Å². The van der Waals surface area contributed by atoms with Gasteiger partial charge in [0.1, 0.15) is 0 Å². The normalized spacial score (nSPS) is 12.6. The van der Waals surface area contributed by atoms with Crippen molar-refractivity contribution in [2.75, 3.05) is 20.8 Å². The number of halogens is 1. The molecular formula is C14H19ClN4O. The standard InChI is InChI=1S/C14H19ClN4O/c1-10-4-5-11(8-17-10)13(16-2)14-12(15)9-18-19(14)6-7-20-3/h4-5,8-9,13,16H,6-7H2,1-3H3. The highest BCUT2D eigenvalue weighted by molar-refractivity contribution is 6.31. The van der Waals surface area contributed by atoms with Crippen LogP contribution >= 0.6 is 11.6 Å². The summed E-state index contributed by atoms with van der Waals surface area (Å²) < 4.78 is 6.98. The highest BCUT2D eigenvalue weighted by Crippen LogP contribution is 2.27. The number of aryl methyl sites for hydroxylation is 1. The zero-order valence-electron chi connectivity index (χ0n) is 11.9. The van der Waals surface area contributed by atoms with Crippen LogP contribution in [0.3, 0.4) is 0 Å². The number of pyridine rings is 1. The molecule has 2 aromatic rings. The Hall–Kier alpha value is -1.43. The van der Waals surface area contributed by atoms with E-state index in [1.54, 1.807) is 13.3 Å². The number of nitrogens with one attached hydrogen (secondary N) is 1. The monoisotopic (exact) mass is 294 g/mol. The number of hydrogen-bond donors (Lipinski definition) is 1. The summed E-state index contributed by atoms with van der Waals surface area (Å²) in [6, 6.07) is 3.99. The van der Waals surface area contributed by atoms with Crippen molar-refractivity contribution in [2.45, 2.75) is 19.5 Å². The van der Waals surface area contributed by atoms with Crippen molar-refractivity contribution in [3.8, 4) is 0 Å². The van der Waals surface area contributed by atoms with Crippen molar-refractivity contribution < 1.29 is 4.74 Å². The Morgan fingerprint density at radius 3 is 2.80 bits per heavy atom. The topological polar surface area (TPSA) is 52.0 Å². The number of aromatic nitrogens is 3. The fourth-order valence-electron chi connectivity index (χ4n) is 2.13. The predicted octanol–water partition coefficient (Wildman–Crippen LogP) is 2.20. The van der Waals surface area contributed by atoms with Crippen LogP contribution in [-0.4, -0.2) is 35.5 Å². The molecule has 2 rings (SSSR count). The largest absolute Gasteiger partial charge is 0.383 e. The lowest BCUT2D eigenvalue weighted by Gasteiger charge is -2.19. The van der Waals surface area contributed by atoms with Crippen LogP contribution in [0.25, 0.3) is 0 Å². The summed E-state index contributed by atoms with van der Waals surface area (Å²) in [5.74, 6) is 0. The Kier molecular flexibility index (Phi) is 5.11. The first-order valence-electron chi connectivity index (χ1n) is 6.47. The third-order valence-corrected chi connectivity index (χ3v) is 3.46. The second kappa shape index (κ2) is 6.83. The van der Waals surface area contributed by atoms with E-state index >= 15 is 0 Å². The Morgan fingerprint density at radius 1 is 1.40 bits per heavy atom. The first-order chi connectivity index (χ1) is 9.67. The predicted molar refractivity (Wildman–Crippen MR) is 79.0 cm³/mol. The van der Waals surface area contributed by atoms with E-state index in [-0.39, 0.29) is 6.04 Å². The van der Waals surface area contributed by atoms with Gasteiger partial charge in [0.25, 0.3) is 0 Å². The third kappa shape index (κ3) is 3.17. The third-order valence-electron chi connectivity index (χ3n) is 3.17. The van der Waals surface area contributed by atoms with Gasteiger partial charge in [0, 0.05) is 19.0 Å². The van der Waals surface area contributed by atoms with Crippen LogP contribution in [0.1, 0.15) is 23.0 Å². The molecule has 0 aliphatic heterocycles. The molecule has 1 unspecified atom stereocenters. The molecule has 0 saturated carbocycles. The highest BCUT2D eigenvalue weighted by Gasteiger charge is 2.20. The number of rotatable bonds is 6. The van der Waals surface area contributed by atoms with Gasteiger partial charge in [-0.2, -0.15) is 5.10 Å². The Balaban J connectivity index is 2.35. The van der Waals surface area contributed by atoms with E-state index in [1.807, 2.05) is 37.0 Å². The second-order valence-electron chi connectivity index (χ2n) is 4.55. The van der Waals surface area contributed by atoms with Gasteiger partial charge >= 0.3 is 0 Å². The Bertz CT molecular complexity index is 553. The summed E-state index contributed by atoms with van der Waals surface area (Å²) in [6.45, 7) is 3.22. The molecule has 6 heteroatoms. The smallest absolute Gasteiger partial charge is 0.0837 e. The molecule has 5 nitrogen and oxygen atoms in total. The molecule has 1 atom stereocenters. The minimum Gasteiger partial charge on any atom is -0.383 e. The molecule has 0 radical (unpaired) electrons. The van der Waals surface area contributed by atoms with Crippen molar-refractivity contribution in [1.82, 2.24) is 20.1 Å². The van der Waals surface area contributed by atoms with Gasteiger partial charge in [0.15, 0.2) is 0 Å². The number of nitrogens with zero attached hydrogens (tertiary/aromatic N) is 3.